The Morgan fingerprint density at radius 3 is 2.46 bits per heavy atom. The van der Waals surface area contributed by atoms with Crippen molar-refractivity contribution in [3.05, 3.63) is 88.3 Å². The summed E-state index contributed by atoms with van der Waals surface area (Å²) in [7, 11) is 0. The van der Waals surface area contributed by atoms with Gasteiger partial charge in [-0.05, 0) is 64.0 Å². The second kappa shape index (κ2) is 16.4. The molecule has 2 aromatic carbocycles. The molecule has 0 aliphatic carbocycles. The maximum Gasteiger partial charge on any atom is 0.262 e. The lowest BCUT2D eigenvalue weighted by Gasteiger charge is -2.25. The molecule has 13 heteroatoms. The van der Waals surface area contributed by atoms with Crippen molar-refractivity contribution in [2.75, 3.05) is 11.9 Å². The van der Waals surface area contributed by atoms with E-state index in [1.807, 2.05) is 58.0 Å². The first-order valence-electron chi connectivity index (χ1n) is 14.5. The predicted octanol–water partition coefficient (Wildman–Crippen LogP) is 3.30. The third-order valence-electron chi connectivity index (χ3n) is 6.33. The molecule has 0 aliphatic heterocycles. The lowest BCUT2D eigenvalue weighted by atomic mass is 10.1. The number of amides is 3. The number of anilines is 1. The van der Waals surface area contributed by atoms with Gasteiger partial charge in [-0.1, -0.05) is 53.6 Å². The van der Waals surface area contributed by atoms with Crippen LogP contribution < -0.4 is 26.0 Å². The molecule has 242 valence electrons. The molecule has 0 radical (unpaired) electrons. The minimum absolute atomic E-state index is 0.0882. The molecule has 5 N–H and O–H groups in total. The van der Waals surface area contributed by atoms with Crippen LogP contribution in [-0.4, -0.2) is 63.1 Å². The number of ether oxygens (including phenoxy) is 1. The molecule has 0 spiro atoms. The number of rotatable bonds is 13. The van der Waals surface area contributed by atoms with E-state index in [1.165, 1.54) is 25.4 Å². The van der Waals surface area contributed by atoms with Gasteiger partial charge in [0.25, 0.3) is 5.91 Å². The number of aryl methyl sites for hydroxylation is 1. The van der Waals surface area contributed by atoms with E-state index in [1.54, 1.807) is 24.3 Å². The number of benzene rings is 2. The van der Waals surface area contributed by atoms with E-state index in [0.717, 1.165) is 11.1 Å². The highest BCUT2D eigenvalue weighted by Gasteiger charge is 2.29. The van der Waals surface area contributed by atoms with E-state index in [-0.39, 0.29) is 29.7 Å². The minimum Gasteiger partial charge on any atom is -0.491 e. The summed E-state index contributed by atoms with van der Waals surface area (Å²) in [6, 6.07) is 13.7. The molecule has 1 aromatic heterocycles. The Hall–Kier alpha value is -4.99. The standard InChI is InChI=1S/C33H38ClN7O5/c1-20-9-11-22(12-10-20)16-37-31(44)26(38-32(45)29(21(2)42)40-28-18-36-17-27(34)39-28)19-46-25-8-6-7-23(14-25)13-24(15-35)30(43)41-33(3,4)5/h6-14,17-18,21,26,29,42H,16,19H2,1-5H3,(H,37,44)(H,38,45)(H,39,40)(H,41,43)/t21-,26?,29+/m1/s1. The SMILES string of the molecule is Cc1ccc(CNC(=O)C(COc2cccc(C=C(C#N)C(=O)NC(C)(C)C)c2)NC(=O)[C@@H](Nc2cncc(Cl)n2)[C@@H](C)O)cc1. The lowest BCUT2D eigenvalue weighted by molar-refractivity contribution is -0.131. The highest BCUT2D eigenvalue weighted by molar-refractivity contribution is 6.29. The summed E-state index contributed by atoms with van der Waals surface area (Å²) in [6.45, 7) is 8.73. The Labute approximate surface area is 273 Å². The first kappa shape index (κ1) is 35.5. The molecule has 3 aromatic rings. The zero-order valence-electron chi connectivity index (χ0n) is 26.3. The first-order valence-corrected chi connectivity index (χ1v) is 14.8. The Kier molecular flexibility index (Phi) is 12.6. The fourth-order valence-electron chi connectivity index (χ4n) is 4.04. The Balaban J connectivity index is 1.79. The van der Waals surface area contributed by atoms with Gasteiger partial charge in [0, 0.05) is 12.1 Å². The maximum atomic E-state index is 13.4. The average Bonchev–Trinajstić information content (AvgIpc) is 2.99. The van der Waals surface area contributed by atoms with Crippen molar-refractivity contribution in [2.24, 2.45) is 0 Å². The number of hydrogen-bond acceptors (Lipinski definition) is 9. The molecule has 0 saturated carbocycles. The van der Waals surface area contributed by atoms with Crippen LogP contribution in [0.2, 0.25) is 5.15 Å². The molecule has 3 atom stereocenters. The van der Waals surface area contributed by atoms with E-state index in [4.69, 9.17) is 16.3 Å². The number of aliphatic hydroxyl groups is 1. The van der Waals surface area contributed by atoms with Crippen LogP contribution in [0, 0.1) is 18.3 Å². The van der Waals surface area contributed by atoms with Crippen molar-refractivity contribution in [3.8, 4) is 11.8 Å². The van der Waals surface area contributed by atoms with Crippen LogP contribution in [0.4, 0.5) is 5.82 Å². The van der Waals surface area contributed by atoms with E-state index in [0.29, 0.717) is 11.3 Å². The van der Waals surface area contributed by atoms with Gasteiger partial charge in [-0.15, -0.1) is 0 Å². The van der Waals surface area contributed by atoms with E-state index in [2.05, 4.69) is 31.2 Å². The van der Waals surface area contributed by atoms with Gasteiger partial charge in [0.2, 0.25) is 11.8 Å². The molecule has 1 heterocycles. The van der Waals surface area contributed by atoms with Crippen molar-refractivity contribution in [1.82, 2.24) is 25.9 Å². The lowest BCUT2D eigenvalue weighted by Crippen LogP contribution is -2.55. The van der Waals surface area contributed by atoms with Crippen molar-refractivity contribution in [2.45, 2.75) is 64.9 Å². The van der Waals surface area contributed by atoms with Gasteiger partial charge in [-0.2, -0.15) is 5.26 Å². The van der Waals surface area contributed by atoms with Crippen molar-refractivity contribution >= 4 is 41.2 Å². The first-order chi connectivity index (χ1) is 21.7. The average molecular weight is 648 g/mol. The summed E-state index contributed by atoms with van der Waals surface area (Å²) in [5.74, 6) is -1.26. The summed E-state index contributed by atoms with van der Waals surface area (Å²) >= 11 is 5.91. The van der Waals surface area contributed by atoms with Crippen LogP contribution in [0.3, 0.4) is 0 Å². The third kappa shape index (κ3) is 11.5. The van der Waals surface area contributed by atoms with Crippen LogP contribution in [0.25, 0.3) is 6.08 Å². The van der Waals surface area contributed by atoms with Gasteiger partial charge in [0.15, 0.2) is 0 Å². The summed E-state index contributed by atoms with van der Waals surface area (Å²) in [5.41, 5.74) is 1.83. The molecule has 3 rings (SSSR count). The summed E-state index contributed by atoms with van der Waals surface area (Å²) in [5, 5.41) is 31.0. The second-order valence-corrected chi connectivity index (χ2v) is 12.0. The largest absolute Gasteiger partial charge is 0.491 e. The van der Waals surface area contributed by atoms with Crippen LogP contribution >= 0.6 is 11.6 Å². The van der Waals surface area contributed by atoms with Crippen molar-refractivity contribution in [1.29, 1.82) is 5.26 Å². The van der Waals surface area contributed by atoms with Crippen LogP contribution in [0.5, 0.6) is 5.75 Å². The number of nitriles is 1. The molecule has 1 unspecified atom stereocenters. The van der Waals surface area contributed by atoms with E-state index < -0.39 is 41.4 Å². The topological polar surface area (TPSA) is 178 Å². The number of nitrogens with zero attached hydrogens (tertiary/aromatic N) is 3. The fraction of sp³-hybridized carbons (Fsp3) is 0.333. The van der Waals surface area contributed by atoms with Crippen LogP contribution in [-0.2, 0) is 20.9 Å². The van der Waals surface area contributed by atoms with Crippen molar-refractivity contribution in [3.63, 3.8) is 0 Å². The number of hydrogen-bond donors (Lipinski definition) is 5. The minimum atomic E-state index is -1.21. The van der Waals surface area contributed by atoms with E-state index in [9.17, 15) is 24.8 Å². The maximum absolute atomic E-state index is 13.4. The van der Waals surface area contributed by atoms with Gasteiger partial charge in [-0.25, -0.2) is 4.98 Å². The third-order valence-corrected chi connectivity index (χ3v) is 6.52. The quantitative estimate of drug-likeness (QED) is 0.137. The Morgan fingerprint density at radius 1 is 1.11 bits per heavy atom. The van der Waals surface area contributed by atoms with Crippen LogP contribution in [0.1, 0.15) is 44.4 Å². The number of carbonyl (C=O) groups excluding carboxylic acids is 3. The Morgan fingerprint density at radius 2 is 1.83 bits per heavy atom. The smallest absolute Gasteiger partial charge is 0.262 e. The summed E-state index contributed by atoms with van der Waals surface area (Å²) in [6.07, 6.45) is 2.91. The number of aromatic nitrogens is 2. The van der Waals surface area contributed by atoms with Gasteiger partial charge < -0.3 is 31.1 Å². The molecule has 0 aliphatic rings. The fourth-order valence-corrected chi connectivity index (χ4v) is 4.18. The summed E-state index contributed by atoms with van der Waals surface area (Å²) < 4.78 is 5.92. The molecule has 0 fully saturated rings. The Bertz CT molecular complexity index is 1600. The molecule has 0 saturated heterocycles. The zero-order chi connectivity index (χ0) is 33.9. The van der Waals surface area contributed by atoms with Gasteiger partial charge in [0.05, 0.1) is 18.5 Å². The molecule has 12 nitrogen and oxygen atoms in total. The molecule has 0 bridgehead atoms. The van der Waals surface area contributed by atoms with Gasteiger partial charge in [-0.3, -0.25) is 19.4 Å². The van der Waals surface area contributed by atoms with Crippen molar-refractivity contribution < 1.29 is 24.2 Å². The normalized spacial score (nSPS) is 13.4. The molecular formula is C33H38ClN7O5. The van der Waals surface area contributed by atoms with Gasteiger partial charge >= 0.3 is 0 Å². The van der Waals surface area contributed by atoms with Crippen LogP contribution in [0.15, 0.2) is 66.5 Å². The highest BCUT2D eigenvalue weighted by Crippen LogP contribution is 2.17. The highest BCUT2D eigenvalue weighted by atomic mass is 35.5. The number of carbonyl (C=O) groups is 3. The summed E-state index contributed by atoms with van der Waals surface area (Å²) in [4.78, 5) is 47.2. The van der Waals surface area contributed by atoms with Gasteiger partial charge in [0.1, 0.15) is 47.1 Å². The molecule has 46 heavy (non-hydrogen) atoms. The monoisotopic (exact) mass is 647 g/mol. The van der Waals surface area contributed by atoms with E-state index >= 15 is 0 Å². The molecular weight excluding hydrogens is 610 g/mol. The molecule has 3 amide bonds. The number of halogens is 1. The number of aliphatic hydroxyl groups excluding tert-OH is 1. The second-order valence-electron chi connectivity index (χ2n) is 11.6. The zero-order valence-corrected chi connectivity index (χ0v) is 27.1. The number of nitrogens with one attached hydrogen (secondary N) is 4. The predicted molar refractivity (Wildman–Crippen MR) is 175 cm³/mol.